The average molecular weight is 280 g/mol. The van der Waals surface area contributed by atoms with E-state index in [1.807, 2.05) is 6.92 Å². The van der Waals surface area contributed by atoms with Crippen molar-refractivity contribution in [2.24, 2.45) is 0 Å². The zero-order chi connectivity index (χ0) is 15.1. The van der Waals surface area contributed by atoms with Crippen LogP contribution in [0.2, 0.25) is 0 Å². The number of carboxylic acid groups (broad SMARTS) is 1. The van der Waals surface area contributed by atoms with Crippen LogP contribution in [0, 0.1) is 6.92 Å². The van der Waals surface area contributed by atoms with Crippen molar-refractivity contribution in [3.8, 4) is 0 Å². The zero-order valence-corrected chi connectivity index (χ0v) is 12.0. The van der Waals surface area contributed by atoms with Gasteiger partial charge in [0.05, 0.1) is 12.2 Å². The number of amides is 2. The number of benzene rings is 1. The molecule has 20 heavy (non-hydrogen) atoms. The Kier molecular flexibility index (Phi) is 5.99. The summed E-state index contributed by atoms with van der Waals surface area (Å²) in [5.74, 6) is -1.01. The molecule has 0 aliphatic heterocycles. The molecule has 0 radical (unpaired) electrons. The van der Waals surface area contributed by atoms with E-state index in [1.165, 1.54) is 11.0 Å². The maximum absolute atomic E-state index is 11.9. The highest BCUT2D eigenvalue weighted by Crippen LogP contribution is 2.15. The van der Waals surface area contributed by atoms with Crippen LogP contribution in [0.4, 0.5) is 10.5 Å². The van der Waals surface area contributed by atoms with Crippen LogP contribution in [-0.2, 0) is 4.74 Å². The minimum absolute atomic E-state index is 0.180. The Morgan fingerprint density at radius 3 is 2.70 bits per heavy atom. The van der Waals surface area contributed by atoms with Crippen molar-refractivity contribution in [3.05, 3.63) is 29.3 Å². The molecule has 0 heterocycles. The highest BCUT2D eigenvalue weighted by atomic mass is 16.5. The fourth-order valence-corrected chi connectivity index (χ4v) is 1.60. The van der Waals surface area contributed by atoms with Gasteiger partial charge in [-0.25, -0.2) is 9.59 Å². The van der Waals surface area contributed by atoms with Gasteiger partial charge in [-0.2, -0.15) is 0 Å². The summed E-state index contributed by atoms with van der Waals surface area (Å²) in [6.07, 6.45) is 0. The summed E-state index contributed by atoms with van der Waals surface area (Å²) >= 11 is 0. The Labute approximate surface area is 118 Å². The normalized spacial score (nSPS) is 10.2. The van der Waals surface area contributed by atoms with Gasteiger partial charge in [0.2, 0.25) is 0 Å². The van der Waals surface area contributed by atoms with Gasteiger partial charge in [-0.1, -0.05) is 6.07 Å². The molecule has 0 bridgehead atoms. The molecule has 2 amide bonds. The van der Waals surface area contributed by atoms with Crippen molar-refractivity contribution in [2.45, 2.75) is 13.8 Å². The van der Waals surface area contributed by atoms with Gasteiger partial charge in [0.25, 0.3) is 0 Å². The van der Waals surface area contributed by atoms with E-state index in [-0.39, 0.29) is 11.6 Å². The molecule has 110 valence electrons. The number of urea groups is 1. The van der Waals surface area contributed by atoms with Gasteiger partial charge in [0.15, 0.2) is 0 Å². The van der Waals surface area contributed by atoms with Gasteiger partial charge >= 0.3 is 12.0 Å². The number of rotatable bonds is 6. The van der Waals surface area contributed by atoms with Crippen molar-refractivity contribution in [3.63, 3.8) is 0 Å². The number of carbonyl (C=O) groups excluding carboxylic acids is 1. The van der Waals surface area contributed by atoms with E-state index >= 15 is 0 Å². The molecular weight excluding hydrogens is 260 g/mol. The number of nitrogens with one attached hydrogen (secondary N) is 1. The third-order valence-corrected chi connectivity index (χ3v) is 2.84. The molecule has 1 rings (SSSR count). The van der Waals surface area contributed by atoms with Gasteiger partial charge in [0.1, 0.15) is 0 Å². The number of likely N-dealkylation sites (N-methyl/N-ethyl adjacent to an activating group) is 1. The lowest BCUT2D eigenvalue weighted by atomic mass is 10.1. The van der Waals surface area contributed by atoms with Crippen LogP contribution in [-0.4, -0.2) is 48.8 Å². The number of carboxylic acids is 1. The predicted molar refractivity (Wildman–Crippen MR) is 76.3 cm³/mol. The summed E-state index contributed by atoms with van der Waals surface area (Å²) < 4.78 is 5.17. The molecule has 6 heteroatoms. The number of aromatic carboxylic acids is 1. The summed E-state index contributed by atoms with van der Waals surface area (Å²) in [6, 6.07) is 4.49. The highest BCUT2D eigenvalue weighted by Gasteiger charge is 2.11. The third kappa shape index (κ3) is 4.55. The Bertz CT molecular complexity index is 488. The fraction of sp³-hybridized carbons (Fsp3) is 0.429. The topological polar surface area (TPSA) is 78.9 Å². The van der Waals surface area contributed by atoms with Crippen molar-refractivity contribution in [1.82, 2.24) is 4.90 Å². The first-order valence-corrected chi connectivity index (χ1v) is 6.39. The van der Waals surface area contributed by atoms with Gasteiger partial charge in [-0.3, -0.25) is 0 Å². The fourth-order valence-electron chi connectivity index (χ4n) is 1.60. The van der Waals surface area contributed by atoms with Crippen molar-refractivity contribution < 1.29 is 19.4 Å². The van der Waals surface area contributed by atoms with Gasteiger partial charge in [-0.05, 0) is 31.5 Å². The van der Waals surface area contributed by atoms with Crippen LogP contribution in [0.25, 0.3) is 0 Å². The lowest BCUT2D eigenvalue weighted by Crippen LogP contribution is -2.34. The van der Waals surface area contributed by atoms with Crippen LogP contribution >= 0.6 is 0 Å². The van der Waals surface area contributed by atoms with E-state index in [9.17, 15) is 9.59 Å². The monoisotopic (exact) mass is 280 g/mol. The van der Waals surface area contributed by atoms with Crippen LogP contribution < -0.4 is 5.32 Å². The number of hydrogen-bond acceptors (Lipinski definition) is 3. The van der Waals surface area contributed by atoms with E-state index in [2.05, 4.69) is 5.32 Å². The number of carbonyl (C=O) groups is 2. The lowest BCUT2D eigenvalue weighted by molar-refractivity contribution is 0.0696. The van der Waals surface area contributed by atoms with Crippen LogP contribution in [0.3, 0.4) is 0 Å². The van der Waals surface area contributed by atoms with Gasteiger partial charge < -0.3 is 20.1 Å². The smallest absolute Gasteiger partial charge is 0.336 e. The van der Waals surface area contributed by atoms with E-state index in [4.69, 9.17) is 9.84 Å². The third-order valence-electron chi connectivity index (χ3n) is 2.84. The molecule has 1 aromatic carbocycles. The number of nitrogens with zero attached hydrogens (tertiary/aromatic N) is 1. The Balaban J connectivity index is 2.66. The second-order valence-corrected chi connectivity index (χ2v) is 4.38. The molecule has 0 aliphatic rings. The van der Waals surface area contributed by atoms with Crippen molar-refractivity contribution in [1.29, 1.82) is 0 Å². The number of aryl methyl sites for hydroxylation is 1. The molecule has 0 fully saturated rings. The van der Waals surface area contributed by atoms with Crippen molar-refractivity contribution in [2.75, 3.05) is 32.1 Å². The molecule has 0 atom stereocenters. The van der Waals surface area contributed by atoms with Crippen LogP contribution in [0.5, 0.6) is 0 Å². The molecule has 0 saturated heterocycles. The maximum atomic E-state index is 11.9. The van der Waals surface area contributed by atoms with Gasteiger partial charge in [0, 0.05) is 25.9 Å². The standard InChI is InChI=1S/C14H20N2O4/c1-4-20-8-7-16(3)14(19)15-11-6-5-10(2)12(9-11)13(17)18/h5-6,9H,4,7-8H2,1-3H3,(H,15,19)(H,17,18). The zero-order valence-electron chi connectivity index (χ0n) is 12.0. The first-order chi connectivity index (χ1) is 9.45. The number of ether oxygens (including phenoxy) is 1. The van der Waals surface area contributed by atoms with Gasteiger partial charge in [-0.15, -0.1) is 0 Å². The van der Waals surface area contributed by atoms with Crippen LogP contribution in [0.15, 0.2) is 18.2 Å². The van der Waals surface area contributed by atoms with E-state index in [0.717, 1.165) is 0 Å². The van der Waals surface area contributed by atoms with Crippen LogP contribution in [0.1, 0.15) is 22.8 Å². The first-order valence-electron chi connectivity index (χ1n) is 6.39. The first kappa shape index (κ1) is 16.0. The molecule has 6 nitrogen and oxygen atoms in total. The average Bonchev–Trinajstić information content (AvgIpc) is 2.40. The molecule has 0 aliphatic carbocycles. The summed E-state index contributed by atoms with van der Waals surface area (Å²) in [6.45, 7) is 5.14. The molecule has 0 spiro atoms. The predicted octanol–water partition coefficient (Wildman–Crippen LogP) is 2.19. The Morgan fingerprint density at radius 2 is 2.10 bits per heavy atom. The van der Waals surface area contributed by atoms with E-state index in [1.54, 1.807) is 26.1 Å². The number of anilines is 1. The molecule has 1 aromatic rings. The SMILES string of the molecule is CCOCCN(C)C(=O)Nc1ccc(C)c(C(=O)O)c1. The summed E-state index contributed by atoms with van der Waals surface area (Å²) in [5.41, 5.74) is 1.29. The largest absolute Gasteiger partial charge is 0.478 e. The lowest BCUT2D eigenvalue weighted by Gasteiger charge is -2.18. The molecule has 0 unspecified atom stereocenters. The minimum Gasteiger partial charge on any atom is -0.478 e. The van der Waals surface area contributed by atoms with E-state index < -0.39 is 5.97 Å². The van der Waals surface area contributed by atoms with Crippen molar-refractivity contribution >= 4 is 17.7 Å². The second kappa shape index (κ2) is 7.49. The molecule has 2 N–H and O–H groups in total. The summed E-state index contributed by atoms with van der Waals surface area (Å²) in [5, 5.41) is 11.7. The molecule has 0 aromatic heterocycles. The Hall–Kier alpha value is -2.08. The number of hydrogen-bond donors (Lipinski definition) is 2. The Morgan fingerprint density at radius 1 is 1.40 bits per heavy atom. The summed E-state index contributed by atoms with van der Waals surface area (Å²) in [4.78, 5) is 24.4. The highest BCUT2D eigenvalue weighted by molar-refractivity contribution is 5.94. The minimum atomic E-state index is -1.01. The molecular formula is C14H20N2O4. The van der Waals surface area contributed by atoms with E-state index in [0.29, 0.717) is 31.0 Å². The summed E-state index contributed by atoms with van der Waals surface area (Å²) in [7, 11) is 1.65. The second-order valence-electron chi connectivity index (χ2n) is 4.38. The molecule has 0 saturated carbocycles. The maximum Gasteiger partial charge on any atom is 0.336 e. The quantitative estimate of drug-likeness (QED) is 0.783.